The monoisotopic (exact) mass is 689 g/mol. The molecule has 7 atom stereocenters. The second kappa shape index (κ2) is 11.5. The van der Waals surface area contributed by atoms with Crippen molar-refractivity contribution in [1.82, 2.24) is 4.98 Å². The van der Waals surface area contributed by atoms with Gasteiger partial charge in [-0.3, -0.25) is 24.1 Å². The molecule has 4 aliphatic rings. The Bertz CT molecular complexity index is 1980. The van der Waals surface area contributed by atoms with Crippen molar-refractivity contribution in [3.63, 3.8) is 0 Å². The number of ether oxygens (including phenoxy) is 2. The van der Waals surface area contributed by atoms with Crippen molar-refractivity contribution in [3.05, 3.63) is 91.9 Å². The van der Waals surface area contributed by atoms with E-state index >= 15 is 0 Å². The van der Waals surface area contributed by atoms with Crippen molar-refractivity contribution >= 4 is 63.8 Å². The quantitative estimate of drug-likeness (QED) is 0.171. The number of phenols is 1. The zero-order chi connectivity index (χ0) is 32.6. The van der Waals surface area contributed by atoms with E-state index in [1.165, 1.54) is 17.0 Å². The number of H-pyrrole nitrogens is 1. The SMILES string of the molecule is COc1ccc(N2C(=O)[C@H]3[C@H]4C[C@@H]([C@@H]3C2=O)[C@@H]2[C@H](c3cc(Cl)ccc3OCC(=O)Nc3ccc(O)cc3)c3sc(=O)[nH]c3S[C@H]42)cc1. The lowest BCUT2D eigenvalue weighted by atomic mass is 9.68. The third kappa shape index (κ3) is 4.92. The normalized spacial score (nSPS) is 26.9. The largest absolute Gasteiger partial charge is 0.508 e. The fourth-order valence-corrected chi connectivity index (χ4v) is 11.2. The Balaban J connectivity index is 1.13. The van der Waals surface area contributed by atoms with Crippen LogP contribution in [0.3, 0.4) is 0 Å². The number of thiazole rings is 1. The number of fused-ring (bicyclic) bond motifs is 9. The first kappa shape index (κ1) is 30.1. The molecule has 2 saturated carbocycles. The second-order valence-corrected chi connectivity index (χ2v) is 14.9. The first-order valence-corrected chi connectivity index (χ1v) is 17.2. The third-order valence-electron chi connectivity index (χ3n) is 9.87. The van der Waals surface area contributed by atoms with Crippen LogP contribution in [0, 0.1) is 29.6 Å². The molecule has 0 unspecified atom stereocenters. The van der Waals surface area contributed by atoms with Crippen molar-refractivity contribution in [1.29, 1.82) is 0 Å². The van der Waals surface area contributed by atoms with E-state index < -0.39 is 17.7 Å². The van der Waals surface area contributed by atoms with Gasteiger partial charge in [0, 0.05) is 32.3 Å². The van der Waals surface area contributed by atoms with E-state index in [2.05, 4.69) is 10.3 Å². The Morgan fingerprint density at radius 3 is 2.47 bits per heavy atom. The average Bonchev–Trinajstić information content (AvgIpc) is 3.80. The van der Waals surface area contributed by atoms with E-state index in [1.807, 2.05) is 6.07 Å². The fraction of sp³-hybridized carbons (Fsp3) is 0.294. The lowest BCUT2D eigenvalue weighted by Gasteiger charge is -2.43. The molecule has 4 aromatic rings. The van der Waals surface area contributed by atoms with E-state index in [-0.39, 0.29) is 58.0 Å². The molecule has 240 valence electrons. The van der Waals surface area contributed by atoms with Crippen molar-refractivity contribution < 1.29 is 29.0 Å². The van der Waals surface area contributed by atoms with E-state index in [9.17, 15) is 24.3 Å². The molecule has 2 bridgehead atoms. The van der Waals surface area contributed by atoms with Gasteiger partial charge in [-0.05, 0) is 90.9 Å². The molecular formula is C34H28ClN3O7S2. The highest BCUT2D eigenvalue weighted by Gasteiger charge is 2.69. The van der Waals surface area contributed by atoms with E-state index in [1.54, 1.807) is 67.4 Å². The van der Waals surface area contributed by atoms with Crippen LogP contribution in [-0.2, 0) is 14.4 Å². The maximum Gasteiger partial charge on any atom is 0.305 e. The minimum Gasteiger partial charge on any atom is -0.508 e. The molecule has 0 radical (unpaired) electrons. The number of imide groups is 1. The molecule has 8 rings (SSSR count). The number of aromatic amines is 1. The molecule has 2 aliphatic heterocycles. The summed E-state index contributed by atoms with van der Waals surface area (Å²) < 4.78 is 11.4. The molecule has 1 aromatic heterocycles. The van der Waals surface area contributed by atoms with Crippen LogP contribution in [-0.4, -0.2) is 46.8 Å². The first-order valence-electron chi connectivity index (χ1n) is 15.1. The van der Waals surface area contributed by atoms with Gasteiger partial charge < -0.3 is 24.9 Å². The summed E-state index contributed by atoms with van der Waals surface area (Å²) >= 11 is 9.30. The summed E-state index contributed by atoms with van der Waals surface area (Å²) in [5.41, 5.74) is 1.77. The van der Waals surface area contributed by atoms with Crippen molar-refractivity contribution in [3.8, 4) is 17.2 Å². The van der Waals surface area contributed by atoms with Gasteiger partial charge in [0.25, 0.3) is 5.91 Å². The first-order chi connectivity index (χ1) is 22.7. The molecule has 3 amide bonds. The van der Waals surface area contributed by atoms with Crippen LogP contribution < -0.4 is 24.6 Å². The number of thioether (sulfide) groups is 1. The summed E-state index contributed by atoms with van der Waals surface area (Å²) in [6.07, 6.45) is 0.729. The number of phenolic OH excluding ortho intramolecular Hbond substituents is 1. The van der Waals surface area contributed by atoms with Gasteiger partial charge in [-0.25, -0.2) is 0 Å². The van der Waals surface area contributed by atoms with Crippen molar-refractivity contribution in [2.45, 2.75) is 22.6 Å². The van der Waals surface area contributed by atoms with Crippen molar-refractivity contribution in [2.75, 3.05) is 23.9 Å². The summed E-state index contributed by atoms with van der Waals surface area (Å²) in [7, 11) is 1.56. The van der Waals surface area contributed by atoms with E-state index in [4.69, 9.17) is 21.1 Å². The topological polar surface area (TPSA) is 138 Å². The van der Waals surface area contributed by atoms with Gasteiger partial charge >= 0.3 is 4.87 Å². The summed E-state index contributed by atoms with van der Waals surface area (Å²) in [5.74, 6) is -1.09. The average molecular weight is 690 g/mol. The Morgan fingerprint density at radius 1 is 1.02 bits per heavy atom. The summed E-state index contributed by atoms with van der Waals surface area (Å²) in [5, 5.41) is 13.5. The minimum atomic E-state index is -0.476. The number of aromatic nitrogens is 1. The number of nitrogens with one attached hydrogen (secondary N) is 2. The van der Waals surface area contributed by atoms with Gasteiger partial charge in [0.05, 0.1) is 29.7 Å². The van der Waals surface area contributed by atoms with Crippen LogP contribution in [0.2, 0.25) is 5.02 Å². The molecule has 10 nitrogen and oxygen atoms in total. The molecule has 47 heavy (non-hydrogen) atoms. The zero-order valence-corrected chi connectivity index (χ0v) is 27.2. The Hall–Kier alpha value is -4.26. The number of nitrogens with zero attached hydrogens (tertiary/aromatic N) is 1. The van der Waals surface area contributed by atoms with Gasteiger partial charge in [0.1, 0.15) is 17.2 Å². The number of aromatic hydroxyl groups is 1. The highest BCUT2D eigenvalue weighted by Crippen LogP contribution is 2.69. The van der Waals surface area contributed by atoms with Crippen LogP contribution in [0.5, 0.6) is 17.2 Å². The number of halogens is 1. The summed E-state index contributed by atoms with van der Waals surface area (Å²) in [4.78, 5) is 58.6. The van der Waals surface area contributed by atoms with Gasteiger partial charge in [0.2, 0.25) is 11.8 Å². The van der Waals surface area contributed by atoms with Crippen LogP contribution in [0.25, 0.3) is 0 Å². The maximum absolute atomic E-state index is 14.1. The third-order valence-corrected chi connectivity index (χ3v) is 12.7. The predicted octanol–water partition coefficient (Wildman–Crippen LogP) is 5.50. The van der Waals surface area contributed by atoms with Gasteiger partial charge in [-0.1, -0.05) is 22.9 Å². The number of benzene rings is 3. The Kier molecular flexibility index (Phi) is 7.34. The zero-order valence-electron chi connectivity index (χ0n) is 24.8. The molecule has 3 fully saturated rings. The van der Waals surface area contributed by atoms with Crippen LogP contribution in [0.15, 0.2) is 76.6 Å². The number of carbonyl (C=O) groups excluding carboxylic acids is 3. The summed E-state index contributed by atoms with van der Waals surface area (Å²) in [6, 6.07) is 18.3. The molecule has 2 aliphatic carbocycles. The predicted molar refractivity (Wildman–Crippen MR) is 178 cm³/mol. The second-order valence-electron chi connectivity index (χ2n) is 12.2. The molecule has 13 heteroatoms. The van der Waals surface area contributed by atoms with E-state index in [0.29, 0.717) is 27.9 Å². The Morgan fingerprint density at radius 2 is 1.74 bits per heavy atom. The highest BCUT2D eigenvalue weighted by molar-refractivity contribution is 8.00. The number of amides is 3. The Labute approximate surface area is 282 Å². The number of carbonyl (C=O) groups is 3. The maximum atomic E-state index is 14.1. The van der Waals surface area contributed by atoms with Gasteiger partial charge in [-0.2, -0.15) is 0 Å². The lowest BCUT2D eigenvalue weighted by Crippen LogP contribution is -2.42. The number of hydrogen-bond acceptors (Lipinski definition) is 9. The van der Waals surface area contributed by atoms with Crippen molar-refractivity contribution in [2.24, 2.45) is 29.6 Å². The minimum absolute atomic E-state index is 0.0267. The number of methoxy groups -OCH3 is 1. The van der Waals surface area contributed by atoms with Crippen LogP contribution in [0.1, 0.15) is 22.8 Å². The molecule has 3 heterocycles. The van der Waals surface area contributed by atoms with Gasteiger partial charge in [0.15, 0.2) is 6.61 Å². The van der Waals surface area contributed by atoms with Gasteiger partial charge in [-0.15, -0.1) is 11.8 Å². The molecular weight excluding hydrogens is 662 g/mol. The highest BCUT2D eigenvalue weighted by atomic mass is 35.5. The number of anilines is 2. The molecule has 3 aromatic carbocycles. The molecule has 0 spiro atoms. The van der Waals surface area contributed by atoms with Crippen LogP contribution >= 0.6 is 34.7 Å². The number of hydrogen-bond donors (Lipinski definition) is 3. The number of rotatable bonds is 7. The molecule has 1 saturated heterocycles. The van der Waals surface area contributed by atoms with Crippen LogP contribution in [0.4, 0.5) is 11.4 Å². The molecule has 3 N–H and O–H groups in total. The fourth-order valence-electron chi connectivity index (χ4n) is 8.13. The lowest BCUT2D eigenvalue weighted by molar-refractivity contribution is -0.123. The van der Waals surface area contributed by atoms with E-state index in [0.717, 1.165) is 33.2 Å². The standard InChI is InChI=1S/C34H28ClN3O7S2/c1-44-19-9-5-17(6-10-19)38-32(41)27-21-13-22(28(27)33(38)42)29-26(21)25(30-31(46-29)37-34(43)47-30)20-12-15(35)2-11-23(20)45-14-24(40)36-16-3-7-18(39)8-4-16/h2-12,21-22,25-29,39H,13-14H2,1H3,(H,36,40)(H,37,43)/t21-,22-,25+,26-,27+,28+,29-/m1/s1. The summed E-state index contributed by atoms with van der Waals surface area (Å²) in [6.45, 7) is -0.290. The smallest absolute Gasteiger partial charge is 0.305 e.